The van der Waals surface area contributed by atoms with E-state index >= 15 is 0 Å². The Morgan fingerprint density at radius 1 is 0.970 bits per heavy atom. The number of primary amides is 1. The van der Waals surface area contributed by atoms with E-state index in [2.05, 4.69) is 5.32 Å². The van der Waals surface area contributed by atoms with Crippen molar-refractivity contribution >= 4 is 18.0 Å². The maximum absolute atomic E-state index is 12.4. The van der Waals surface area contributed by atoms with Crippen molar-refractivity contribution in [2.75, 3.05) is 6.61 Å². The molecule has 1 aliphatic carbocycles. The average Bonchev–Trinajstić information content (AvgIpc) is 3.12. The Bertz CT molecular complexity index is 1190. The number of benzene rings is 3. The van der Waals surface area contributed by atoms with Gasteiger partial charge in [0, 0.05) is 12.3 Å². The molecule has 0 unspecified atom stereocenters. The molecule has 3 aromatic carbocycles. The third-order valence-corrected chi connectivity index (χ3v) is 5.70. The molecule has 0 heterocycles. The Hall–Kier alpha value is -4.33. The number of rotatable bonds is 7. The highest BCUT2D eigenvalue weighted by Gasteiger charge is 2.30. The first-order chi connectivity index (χ1) is 15.8. The summed E-state index contributed by atoms with van der Waals surface area (Å²) < 4.78 is 5.41. The molecule has 1 atom stereocenters. The van der Waals surface area contributed by atoms with Gasteiger partial charge in [0.15, 0.2) is 0 Å². The number of carbonyl (C=O) groups excluding carboxylic acids is 2. The number of fused-ring (bicyclic) bond motifs is 3. The summed E-state index contributed by atoms with van der Waals surface area (Å²) >= 11 is 0. The molecule has 3 aromatic rings. The minimum atomic E-state index is -1.30. The smallest absolute Gasteiger partial charge is 0.407 e. The number of phenols is 1. The van der Waals surface area contributed by atoms with Gasteiger partial charge in [0.1, 0.15) is 18.4 Å². The number of aliphatic carboxylic acids is 1. The van der Waals surface area contributed by atoms with Crippen molar-refractivity contribution < 1.29 is 29.3 Å². The molecule has 168 valence electrons. The maximum Gasteiger partial charge on any atom is 0.407 e. The normalized spacial score (nSPS) is 13.0. The third kappa shape index (κ3) is 4.50. The first kappa shape index (κ1) is 21.9. The zero-order valence-electron chi connectivity index (χ0n) is 17.5. The molecule has 0 radical (unpaired) electrons. The third-order valence-electron chi connectivity index (χ3n) is 5.70. The summed E-state index contributed by atoms with van der Waals surface area (Å²) in [6.07, 6.45) is -0.988. The molecule has 0 spiro atoms. The van der Waals surface area contributed by atoms with E-state index in [9.17, 15) is 24.6 Å². The van der Waals surface area contributed by atoms with Crippen LogP contribution in [0.1, 0.15) is 33.0 Å². The molecule has 0 saturated heterocycles. The van der Waals surface area contributed by atoms with Crippen molar-refractivity contribution in [1.82, 2.24) is 5.32 Å². The van der Waals surface area contributed by atoms with Crippen LogP contribution in [0, 0.1) is 0 Å². The average molecular weight is 446 g/mol. The van der Waals surface area contributed by atoms with Crippen LogP contribution in [0.5, 0.6) is 5.75 Å². The summed E-state index contributed by atoms with van der Waals surface area (Å²) in [5.74, 6) is -2.56. The monoisotopic (exact) mass is 446 g/mol. The highest BCUT2D eigenvalue weighted by atomic mass is 16.5. The number of nitrogens with one attached hydrogen (secondary N) is 1. The summed E-state index contributed by atoms with van der Waals surface area (Å²) in [6.45, 7) is 0.0528. The topological polar surface area (TPSA) is 139 Å². The van der Waals surface area contributed by atoms with E-state index < -0.39 is 24.0 Å². The van der Waals surface area contributed by atoms with Gasteiger partial charge in [0.25, 0.3) is 5.91 Å². The van der Waals surface area contributed by atoms with Gasteiger partial charge in [-0.25, -0.2) is 9.59 Å². The van der Waals surface area contributed by atoms with Crippen LogP contribution in [0.2, 0.25) is 0 Å². The van der Waals surface area contributed by atoms with Crippen LogP contribution in [0.15, 0.2) is 66.7 Å². The Balaban J connectivity index is 1.44. The molecule has 33 heavy (non-hydrogen) atoms. The lowest BCUT2D eigenvalue weighted by Crippen LogP contribution is -2.43. The fourth-order valence-corrected chi connectivity index (χ4v) is 4.13. The van der Waals surface area contributed by atoms with Gasteiger partial charge in [0.2, 0.25) is 0 Å². The zero-order valence-corrected chi connectivity index (χ0v) is 17.5. The van der Waals surface area contributed by atoms with Crippen LogP contribution in [0.25, 0.3) is 11.1 Å². The standard InChI is InChI=1S/C25H22N2O6/c26-23(29)19-11-14(9-10-22(19)28)12-21(24(30)31)27-25(32)33-13-20-17-7-3-1-5-15(17)16-6-2-4-8-18(16)20/h1-11,20-21,28H,12-13H2,(H2,26,29)(H,27,32)(H,30,31)/t21-/m0/s1. The molecule has 4 rings (SSSR count). The number of hydrogen-bond acceptors (Lipinski definition) is 5. The molecule has 0 bridgehead atoms. The first-order valence-electron chi connectivity index (χ1n) is 10.3. The van der Waals surface area contributed by atoms with E-state index in [1.807, 2.05) is 48.5 Å². The Kier molecular flexibility index (Phi) is 5.99. The van der Waals surface area contributed by atoms with Gasteiger partial charge in [-0.3, -0.25) is 4.79 Å². The molecule has 0 fully saturated rings. The van der Waals surface area contributed by atoms with Crippen LogP contribution in [-0.4, -0.2) is 40.8 Å². The number of carboxylic acid groups (broad SMARTS) is 1. The second kappa shape index (κ2) is 9.04. The largest absolute Gasteiger partial charge is 0.507 e. The summed E-state index contributed by atoms with van der Waals surface area (Å²) in [5, 5.41) is 21.6. The summed E-state index contributed by atoms with van der Waals surface area (Å²) in [6, 6.07) is 18.5. The van der Waals surface area contributed by atoms with Gasteiger partial charge >= 0.3 is 12.1 Å². The van der Waals surface area contributed by atoms with E-state index in [4.69, 9.17) is 10.5 Å². The fourth-order valence-electron chi connectivity index (χ4n) is 4.13. The lowest BCUT2D eigenvalue weighted by Gasteiger charge is -2.18. The molecular formula is C25H22N2O6. The van der Waals surface area contributed by atoms with Crippen molar-refractivity contribution in [3.05, 3.63) is 89.0 Å². The highest BCUT2D eigenvalue weighted by molar-refractivity contribution is 5.95. The van der Waals surface area contributed by atoms with Crippen molar-refractivity contribution in [3.8, 4) is 16.9 Å². The lowest BCUT2D eigenvalue weighted by molar-refractivity contribution is -0.139. The second-order valence-corrected chi connectivity index (χ2v) is 7.78. The fraction of sp³-hybridized carbons (Fsp3) is 0.160. The van der Waals surface area contributed by atoms with Gasteiger partial charge in [-0.1, -0.05) is 54.6 Å². The van der Waals surface area contributed by atoms with Crippen LogP contribution < -0.4 is 11.1 Å². The molecule has 0 aromatic heterocycles. The van der Waals surface area contributed by atoms with Gasteiger partial charge in [-0.15, -0.1) is 0 Å². The van der Waals surface area contributed by atoms with E-state index in [0.29, 0.717) is 5.56 Å². The molecule has 8 nitrogen and oxygen atoms in total. The number of hydrogen-bond donors (Lipinski definition) is 4. The van der Waals surface area contributed by atoms with Crippen molar-refractivity contribution in [2.45, 2.75) is 18.4 Å². The van der Waals surface area contributed by atoms with E-state index in [0.717, 1.165) is 22.3 Å². The van der Waals surface area contributed by atoms with Crippen LogP contribution in [0.3, 0.4) is 0 Å². The number of ether oxygens (including phenoxy) is 1. The number of alkyl carbamates (subject to hydrolysis) is 1. The van der Waals surface area contributed by atoms with Crippen LogP contribution in [-0.2, 0) is 16.0 Å². The van der Waals surface area contributed by atoms with E-state index in [1.165, 1.54) is 18.2 Å². The molecule has 1 aliphatic rings. The Morgan fingerprint density at radius 2 is 1.58 bits per heavy atom. The minimum absolute atomic E-state index is 0.0528. The summed E-state index contributed by atoms with van der Waals surface area (Å²) in [5.41, 5.74) is 9.76. The zero-order chi connectivity index (χ0) is 23.5. The molecule has 5 N–H and O–H groups in total. The lowest BCUT2D eigenvalue weighted by atomic mass is 9.98. The van der Waals surface area contributed by atoms with E-state index in [-0.39, 0.29) is 30.3 Å². The molecule has 8 heteroatoms. The Labute approximate surface area is 189 Å². The number of aromatic hydroxyl groups is 1. The molecular weight excluding hydrogens is 424 g/mol. The van der Waals surface area contributed by atoms with E-state index in [1.54, 1.807) is 0 Å². The number of carbonyl (C=O) groups is 3. The Morgan fingerprint density at radius 3 is 2.15 bits per heavy atom. The second-order valence-electron chi connectivity index (χ2n) is 7.78. The van der Waals surface area contributed by atoms with Crippen molar-refractivity contribution in [3.63, 3.8) is 0 Å². The summed E-state index contributed by atoms with van der Waals surface area (Å²) in [4.78, 5) is 35.6. The number of carboxylic acids is 1. The molecule has 2 amide bonds. The van der Waals surface area contributed by atoms with Crippen molar-refractivity contribution in [2.24, 2.45) is 5.73 Å². The van der Waals surface area contributed by atoms with Gasteiger partial charge in [-0.05, 0) is 39.9 Å². The van der Waals surface area contributed by atoms with Gasteiger partial charge in [-0.2, -0.15) is 0 Å². The van der Waals surface area contributed by atoms with Gasteiger partial charge in [0.05, 0.1) is 5.56 Å². The highest BCUT2D eigenvalue weighted by Crippen LogP contribution is 2.44. The van der Waals surface area contributed by atoms with Crippen LogP contribution >= 0.6 is 0 Å². The minimum Gasteiger partial charge on any atom is -0.507 e. The predicted octanol–water partition coefficient (Wildman–Crippen LogP) is 3.03. The SMILES string of the molecule is NC(=O)c1cc(C[C@H](NC(=O)OCC2c3ccccc3-c3ccccc32)C(=O)O)ccc1O. The van der Waals surface area contributed by atoms with Crippen LogP contribution in [0.4, 0.5) is 4.79 Å². The molecule has 0 saturated carbocycles. The predicted molar refractivity (Wildman–Crippen MR) is 120 cm³/mol. The quantitative estimate of drug-likeness (QED) is 0.440. The van der Waals surface area contributed by atoms with Crippen molar-refractivity contribution in [1.29, 1.82) is 0 Å². The first-order valence-corrected chi connectivity index (χ1v) is 10.3. The summed E-state index contributed by atoms with van der Waals surface area (Å²) in [7, 11) is 0. The number of amides is 2. The molecule has 0 aliphatic heterocycles. The van der Waals surface area contributed by atoms with Gasteiger partial charge < -0.3 is 26.0 Å². The maximum atomic E-state index is 12.4. The number of nitrogens with two attached hydrogens (primary N) is 1.